The van der Waals surface area contributed by atoms with Gasteiger partial charge in [0.25, 0.3) is 0 Å². The number of rotatable bonds is 4. The van der Waals surface area contributed by atoms with Crippen molar-refractivity contribution in [3.8, 4) is 0 Å². The Kier molecular flexibility index (Phi) is 5.14. The number of amides is 1. The quantitative estimate of drug-likeness (QED) is 0.884. The van der Waals surface area contributed by atoms with E-state index < -0.39 is 0 Å². The number of carbonyl (C=O) groups is 1. The SMILES string of the molecule is CNCc1ccc(NC(=O)C2CCC3CCCCC3C2)cc1. The fourth-order valence-corrected chi connectivity index (χ4v) is 4.27. The van der Waals surface area contributed by atoms with Crippen molar-refractivity contribution in [1.82, 2.24) is 5.32 Å². The molecule has 0 bridgehead atoms. The van der Waals surface area contributed by atoms with Gasteiger partial charge in [-0.05, 0) is 55.8 Å². The topological polar surface area (TPSA) is 41.1 Å². The maximum atomic E-state index is 12.5. The molecular formula is C19H28N2O. The van der Waals surface area contributed by atoms with Gasteiger partial charge >= 0.3 is 0 Å². The summed E-state index contributed by atoms with van der Waals surface area (Å²) in [5, 5.41) is 6.25. The molecular weight excluding hydrogens is 272 g/mol. The lowest BCUT2D eigenvalue weighted by Crippen LogP contribution is -2.33. The summed E-state index contributed by atoms with van der Waals surface area (Å²) in [6.07, 6.45) is 8.93. The molecule has 2 aliphatic rings. The zero-order chi connectivity index (χ0) is 15.4. The first-order chi connectivity index (χ1) is 10.8. The molecule has 22 heavy (non-hydrogen) atoms. The lowest BCUT2D eigenvalue weighted by atomic mass is 9.67. The highest BCUT2D eigenvalue weighted by Gasteiger charge is 2.34. The van der Waals surface area contributed by atoms with Crippen LogP contribution in [0.15, 0.2) is 24.3 Å². The molecule has 0 heterocycles. The van der Waals surface area contributed by atoms with Gasteiger partial charge in [-0.15, -0.1) is 0 Å². The van der Waals surface area contributed by atoms with Crippen LogP contribution in [0.2, 0.25) is 0 Å². The van der Waals surface area contributed by atoms with Gasteiger partial charge in [-0.3, -0.25) is 4.79 Å². The molecule has 3 nitrogen and oxygen atoms in total. The summed E-state index contributed by atoms with van der Waals surface area (Å²) in [4.78, 5) is 12.5. The van der Waals surface area contributed by atoms with Crippen molar-refractivity contribution < 1.29 is 4.79 Å². The Morgan fingerprint density at radius 2 is 1.77 bits per heavy atom. The standard InChI is InChI=1S/C19H28N2O/c1-20-13-14-6-10-18(11-7-14)21-19(22)17-9-8-15-4-2-3-5-16(15)12-17/h6-7,10-11,15-17,20H,2-5,8-9,12-13H2,1H3,(H,21,22). The van der Waals surface area contributed by atoms with E-state index >= 15 is 0 Å². The van der Waals surface area contributed by atoms with Gasteiger partial charge in [-0.1, -0.05) is 37.8 Å². The first kappa shape index (κ1) is 15.5. The molecule has 1 amide bonds. The molecule has 1 aromatic carbocycles. The average Bonchev–Trinajstić information content (AvgIpc) is 2.56. The van der Waals surface area contributed by atoms with Gasteiger partial charge in [-0.2, -0.15) is 0 Å². The third-order valence-electron chi connectivity index (χ3n) is 5.51. The van der Waals surface area contributed by atoms with Gasteiger partial charge in [0, 0.05) is 18.2 Å². The van der Waals surface area contributed by atoms with Gasteiger partial charge in [0.15, 0.2) is 0 Å². The number of anilines is 1. The first-order valence-corrected chi connectivity index (χ1v) is 8.80. The highest BCUT2D eigenvalue weighted by Crippen LogP contribution is 2.42. The van der Waals surface area contributed by atoms with Crippen LogP contribution in [0.25, 0.3) is 0 Å². The third-order valence-corrected chi connectivity index (χ3v) is 5.51. The molecule has 3 heteroatoms. The molecule has 2 N–H and O–H groups in total. The van der Waals surface area contributed by atoms with E-state index in [2.05, 4.69) is 22.8 Å². The second kappa shape index (κ2) is 7.28. The molecule has 0 aromatic heterocycles. The number of hydrogen-bond donors (Lipinski definition) is 2. The predicted molar refractivity (Wildman–Crippen MR) is 90.6 cm³/mol. The van der Waals surface area contributed by atoms with Crippen LogP contribution < -0.4 is 10.6 Å². The highest BCUT2D eigenvalue weighted by molar-refractivity contribution is 5.92. The molecule has 2 aliphatic carbocycles. The van der Waals surface area contributed by atoms with E-state index in [9.17, 15) is 4.79 Å². The monoisotopic (exact) mass is 300 g/mol. The number of fused-ring (bicyclic) bond motifs is 1. The van der Waals surface area contributed by atoms with Gasteiger partial charge in [0.2, 0.25) is 5.91 Å². The van der Waals surface area contributed by atoms with Crippen LogP contribution in [0, 0.1) is 17.8 Å². The van der Waals surface area contributed by atoms with E-state index in [1.807, 2.05) is 19.2 Å². The van der Waals surface area contributed by atoms with Crippen LogP contribution >= 0.6 is 0 Å². The molecule has 3 atom stereocenters. The van der Waals surface area contributed by atoms with Crippen molar-refractivity contribution in [2.24, 2.45) is 17.8 Å². The summed E-state index contributed by atoms with van der Waals surface area (Å²) >= 11 is 0. The summed E-state index contributed by atoms with van der Waals surface area (Å²) < 4.78 is 0. The Balaban J connectivity index is 1.55. The third kappa shape index (κ3) is 3.70. The summed E-state index contributed by atoms with van der Waals surface area (Å²) in [7, 11) is 1.94. The zero-order valence-corrected chi connectivity index (χ0v) is 13.6. The minimum atomic E-state index is 0.219. The number of nitrogens with one attached hydrogen (secondary N) is 2. The molecule has 2 fully saturated rings. The zero-order valence-electron chi connectivity index (χ0n) is 13.6. The van der Waals surface area contributed by atoms with Gasteiger partial charge < -0.3 is 10.6 Å². The lowest BCUT2D eigenvalue weighted by molar-refractivity contribution is -0.122. The Bertz CT molecular complexity index is 497. The Hall–Kier alpha value is -1.35. The molecule has 0 spiro atoms. The normalized spacial score (nSPS) is 28.0. The summed E-state index contributed by atoms with van der Waals surface area (Å²) in [6.45, 7) is 0.861. The van der Waals surface area contributed by atoms with Crippen LogP contribution in [0.4, 0.5) is 5.69 Å². The molecule has 0 aliphatic heterocycles. The van der Waals surface area contributed by atoms with E-state index in [0.717, 1.165) is 36.9 Å². The molecule has 0 radical (unpaired) electrons. The van der Waals surface area contributed by atoms with Gasteiger partial charge in [0.05, 0.1) is 0 Å². The second-order valence-corrected chi connectivity index (χ2v) is 7.03. The summed E-state index contributed by atoms with van der Waals surface area (Å²) in [6, 6.07) is 8.17. The van der Waals surface area contributed by atoms with Gasteiger partial charge in [0.1, 0.15) is 0 Å². The Morgan fingerprint density at radius 1 is 1.05 bits per heavy atom. The fraction of sp³-hybridized carbons (Fsp3) is 0.632. The average molecular weight is 300 g/mol. The smallest absolute Gasteiger partial charge is 0.227 e. The molecule has 3 rings (SSSR count). The van der Waals surface area contributed by atoms with Crippen LogP contribution in [-0.2, 0) is 11.3 Å². The van der Waals surface area contributed by atoms with Crippen LogP contribution in [0.5, 0.6) is 0 Å². The maximum absolute atomic E-state index is 12.5. The van der Waals surface area contributed by atoms with E-state index in [1.165, 1.54) is 37.7 Å². The van der Waals surface area contributed by atoms with Crippen molar-refractivity contribution >= 4 is 11.6 Å². The Labute approximate surface area is 133 Å². The lowest BCUT2D eigenvalue weighted by Gasteiger charge is -2.38. The van der Waals surface area contributed by atoms with E-state index in [1.54, 1.807) is 0 Å². The van der Waals surface area contributed by atoms with Crippen molar-refractivity contribution in [2.45, 2.75) is 51.5 Å². The minimum Gasteiger partial charge on any atom is -0.326 e. The van der Waals surface area contributed by atoms with Crippen molar-refractivity contribution in [3.63, 3.8) is 0 Å². The summed E-state index contributed by atoms with van der Waals surface area (Å²) in [5.41, 5.74) is 2.17. The Morgan fingerprint density at radius 3 is 2.50 bits per heavy atom. The van der Waals surface area contributed by atoms with Crippen LogP contribution in [0.3, 0.4) is 0 Å². The summed E-state index contributed by atoms with van der Waals surface area (Å²) in [5.74, 6) is 2.15. The molecule has 1 aromatic rings. The van der Waals surface area contributed by atoms with E-state index in [4.69, 9.17) is 0 Å². The molecule has 0 saturated heterocycles. The van der Waals surface area contributed by atoms with Crippen molar-refractivity contribution in [1.29, 1.82) is 0 Å². The first-order valence-electron chi connectivity index (χ1n) is 8.80. The molecule has 3 unspecified atom stereocenters. The van der Waals surface area contributed by atoms with Gasteiger partial charge in [-0.25, -0.2) is 0 Å². The number of carbonyl (C=O) groups excluding carboxylic acids is 1. The predicted octanol–water partition coefficient (Wildman–Crippen LogP) is 3.95. The highest BCUT2D eigenvalue weighted by atomic mass is 16.1. The largest absolute Gasteiger partial charge is 0.326 e. The van der Waals surface area contributed by atoms with Crippen LogP contribution in [0.1, 0.15) is 50.5 Å². The maximum Gasteiger partial charge on any atom is 0.227 e. The van der Waals surface area contributed by atoms with E-state index in [-0.39, 0.29) is 11.8 Å². The second-order valence-electron chi connectivity index (χ2n) is 7.03. The number of benzene rings is 1. The molecule has 120 valence electrons. The molecule has 2 saturated carbocycles. The van der Waals surface area contributed by atoms with Crippen LogP contribution in [-0.4, -0.2) is 13.0 Å². The minimum absolute atomic E-state index is 0.219. The van der Waals surface area contributed by atoms with Crippen molar-refractivity contribution in [3.05, 3.63) is 29.8 Å². The fourth-order valence-electron chi connectivity index (χ4n) is 4.27. The number of hydrogen-bond acceptors (Lipinski definition) is 2. The van der Waals surface area contributed by atoms with E-state index in [0.29, 0.717) is 0 Å². The van der Waals surface area contributed by atoms with Crippen molar-refractivity contribution in [2.75, 3.05) is 12.4 Å².